The smallest absolute Gasteiger partial charge is 0.0226 e. The van der Waals surface area contributed by atoms with Crippen molar-refractivity contribution in [3.8, 4) is 0 Å². The van der Waals surface area contributed by atoms with E-state index in [1.807, 2.05) is 0 Å². The van der Waals surface area contributed by atoms with Crippen LogP contribution >= 0.6 is 11.6 Å². The van der Waals surface area contributed by atoms with Crippen molar-refractivity contribution in [1.29, 1.82) is 0 Å². The van der Waals surface area contributed by atoms with Gasteiger partial charge in [-0.15, -0.1) is 11.6 Å². The van der Waals surface area contributed by atoms with Crippen LogP contribution in [0.3, 0.4) is 0 Å². The molecule has 0 aliphatic heterocycles. The molecule has 1 aliphatic rings. The van der Waals surface area contributed by atoms with E-state index in [2.05, 4.69) is 12.2 Å². The summed E-state index contributed by atoms with van der Waals surface area (Å²) in [7, 11) is 0. The van der Waals surface area contributed by atoms with E-state index in [1.165, 1.54) is 19.3 Å². The Morgan fingerprint density at radius 2 is 2.00 bits per heavy atom. The zero-order valence-electron chi connectivity index (χ0n) is 4.94. The van der Waals surface area contributed by atoms with Gasteiger partial charge in [-0.25, -0.2) is 0 Å². The second-order valence-electron chi connectivity index (χ2n) is 2.29. The maximum Gasteiger partial charge on any atom is 0.0226 e. The Hall–Kier alpha value is 0.0300. The summed E-state index contributed by atoms with van der Waals surface area (Å²) in [5.41, 5.74) is 0. The van der Waals surface area contributed by atoms with Crippen molar-refractivity contribution in [3.63, 3.8) is 0 Å². The molecule has 0 aromatic heterocycles. The summed E-state index contributed by atoms with van der Waals surface area (Å²) < 4.78 is 0. The average Bonchev–Trinajstić information content (AvgIpc) is 2.19. The highest BCUT2D eigenvalue weighted by atomic mass is 35.5. The molecule has 0 radical (unpaired) electrons. The zero-order chi connectivity index (χ0) is 5.82. The standard InChI is InChI=1S/C7H11Cl/c8-6-5-7-3-1-2-4-7/h1-2,7H,3-6H2. The zero-order valence-corrected chi connectivity index (χ0v) is 5.69. The van der Waals surface area contributed by atoms with Crippen LogP contribution in [0.25, 0.3) is 0 Å². The van der Waals surface area contributed by atoms with Gasteiger partial charge in [-0.1, -0.05) is 12.2 Å². The number of allylic oxidation sites excluding steroid dienone is 2. The van der Waals surface area contributed by atoms with Gasteiger partial charge in [0.2, 0.25) is 0 Å². The molecule has 0 bridgehead atoms. The molecule has 0 aromatic rings. The first kappa shape index (κ1) is 6.15. The monoisotopic (exact) mass is 130 g/mol. The lowest BCUT2D eigenvalue weighted by atomic mass is 10.1. The third-order valence-corrected chi connectivity index (χ3v) is 1.84. The van der Waals surface area contributed by atoms with Crippen molar-refractivity contribution in [3.05, 3.63) is 12.2 Å². The maximum absolute atomic E-state index is 5.55. The van der Waals surface area contributed by atoms with Gasteiger partial charge in [0.1, 0.15) is 0 Å². The molecule has 0 nitrogen and oxygen atoms in total. The van der Waals surface area contributed by atoms with Gasteiger partial charge in [-0.05, 0) is 25.2 Å². The van der Waals surface area contributed by atoms with Crippen molar-refractivity contribution in [1.82, 2.24) is 0 Å². The van der Waals surface area contributed by atoms with E-state index in [1.54, 1.807) is 0 Å². The van der Waals surface area contributed by atoms with Gasteiger partial charge in [0.25, 0.3) is 0 Å². The van der Waals surface area contributed by atoms with Crippen LogP contribution in [0, 0.1) is 5.92 Å². The molecular formula is C7H11Cl. The van der Waals surface area contributed by atoms with Crippen molar-refractivity contribution < 1.29 is 0 Å². The first-order valence-corrected chi connectivity index (χ1v) is 3.68. The first-order valence-electron chi connectivity index (χ1n) is 3.14. The van der Waals surface area contributed by atoms with Crippen LogP contribution in [-0.2, 0) is 0 Å². The quantitative estimate of drug-likeness (QED) is 0.398. The predicted molar refractivity (Wildman–Crippen MR) is 37.2 cm³/mol. The molecule has 0 unspecified atom stereocenters. The Morgan fingerprint density at radius 3 is 2.50 bits per heavy atom. The molecule has 1 heteroatoms. The second kappa shape index (κ2) is 3.13. The molecule has 46 valence electrons. The third-order valence-electron chi connectivity index (χ3n) is 1.62. The molecular weight excluding hydrogens is 120 g/mol. The van der Waals surface area contributed by atoms with Crippen LogP contribution < -0.4 is 0 Å². The van der Waals surface area contributed by atoms with Crippen molar-refractivity contribution in [2.24, 2.45) is 5.92 Å². The Labute approximate surface area is 55.5 Å². The van der Waals surface area contributed by atoms with Crippen LogP contribution in [0.1, 0.15) is 19.3 Å². The minimum absolute atomic E-state index is 0.826. The average molecular weight is 131 g/mol. The van der Waals surface area contributed by atoms with Gasteiger partial charge >= 0.3 is 0 Å². The van der Waals surface area contributed by atoms with Crippen molar-refractivity contribution in [2.45, 2.75) is 19.3 Å². The van der Waals surface area contributed by atoms with E-state index in [4.69, 9.17) is 11.6 Å². The van der Waals surface area contributed by atoms with Crippen LogP contribution in [-0.4, -0.2) is 5.88 Å². The van der Waals surface area contributed by atoms with Crippen LogP contribution in [0.2, 0.25) is 0 Å². The van der Waals surface area contributed by atoms with Crippen LogP contribution in [0.15, 0.2) is 12.2 Å². The lowest BCUT2D eigenvalue weighted by Gasteiger charge is -2.02. The SMILES string of the molecule is ClCCC1CC=CC1. The summed E-state index contributed by atoms with van der Waals surface area (Å²) in [6, 6.07) is 0. The fraction of sp³-hybridized carbons (Fsp3) is 0.714. The number of hydrogen-bond acceptors (Lipinski definition) is 0. The van der Waals surface area contributed by atoms with E-state index in [0.29, 0.717) is 0 Å². The Morgan fingerprint density at radius 1 is 1.38 bits per heavy atom. The van der Waals surface area contributed by atoms with Gasteiger partial charge in [0.05, 0.1) is 0 Å². The fourth-order valence-electron chi connectivity index (χ4n) is 1.06. The summed E-state index contributed by atoms with van der Waals surface area (Å²) >= 11 is 5.55. The van der Waals surface area contributed by atoms with Gasteiger partial charge < -0.3 is 0 Å². The van der Waals surface area contributed by atoms with Gasteiger partial charge in [-0.2, -0.15) is 0 Å². The molecule has 0 heterocycles. The predicted octanol–water partition coefficient (Wildman–Crippen LogP) is 2.58. The number of hydrogen-bond donors (Lipinski definition) is 0. The van der Waals surface area contributed by atoms with Crippen molar-refractivity contribution >= 4 is 11.6 Å². The highest BCUT2D eigenvalue weighted by molar-refractivity contribution is 6.17. The molecule has 0 amide bonds. The summed E-state index contributed by atoms with van der Waals surface area (Å²) in [5, 5.41) is 0. The first-order chi connectivity index (χ1) is 3.93. The van der Waals surface area contributed by atoms with E-state index in [-0.39, 0.29) is 0 Å². The topological polar surface area (TPSA) is 0 Å². The van der Waals surface area contributed by atoms with Gasteiger partial charge in [0.15, 0.2) is 0 Å². The summed E-state index contributed by atoms with van der Waals surface area (Å²) in [5.74, 6) is 1.69. The lowest BCUT2D eigenvalue weighted by Crippen LogP contribution is -1.92. The molecule has 0 aromatic carbocycles. The summed E-state index contributed by atoms with van der Waals surface area (Å²) in [6.07, 6.45) is 8.20. The molecule has 0 fully saturated rings. The molecule has 1 aliphatic carbocycles. The largest absolute Gasteiger partial charge is 0.127 e. The minimum Gasteiger partial charge on any atom is -0.127 e. The molecule has 1 rings (SSSR count). The Kier molecular flexibility index (Phi) is 2.41. The third kappa shape index (κ3) is 1.52. The molecule has 0 atom stereocenters. The second-order valence-corrected chi connectivity index (χ2v) is 2.66. The molecule has 8 heavy (non-hydrogen) atoms. The molecule has 0 spiro atoms. The normalized spacial score (nSPS) is 20.1. The molecule has 0 saturated heterocycles. The van der Waals surface area contributed by atoms with E-state index in [9.17, 15) is 0 Å². The summed E-state index contributed by atoms with van der Waals surface area (Å²) in [4.78, 5) is 0. The fourth-order valence-corrected chi connectivity index (χ4v) is 1.37. The maximum atomic E-state index is 5.55. The minimum atomic E-state index is 0.826. The van der Waals surface area contributed by atoms with E-state index >= 15 is 0 Å². The Balaban J connectivity index is 2.10. The molecule has 0 N–H and O–H groups in total. The van der Waals surface area contributed by atoms with Crippen LogP contribution in [0.4, 0.5) is 0 Å². The van der Waals surface area contributed by atoms with E-state index < -0.39 is 0 Å². The van der Waals surface area contributed by atoms with Crippen molar-refractivity contribution in [2.75, 3.05) is 5.88 Å². The highest BCUT2D eigenvalue weighted by Gasteiger charge is 2.07. The number of alkyl halides is 1. The van der Waals surface area contributed by atoms with E-state index in [0.717, 1.165) is 11.8 Å². The van der Waals surface area contributed by atoms with Gasteiger partial charge in [0, 0.05) is 5.88 Å². The summed E-state index contributed by atoms with van der Waals surface area (Å²) in [6.45, 7) is 0. The Bertz CT molecular complexity index is 78.4. The van der Waals surface area contributed by atoms with Gasteiger partial charge in [-0.3, -0.25) is 0 Å². The molecule has 0 saturated carbocycles. The lowest BCUT2D eigenvalue weighted by molar-refractivity contribution is 0.554. The van der Waals surface area contributed by atoms with Crippen LogP contribution in [0.5, 0.6) is 0 Å². The number of halogens is 1. The highest BCUT2D eigenvalue weighted by Crippen LogP contribution is 2.20. The number of rotatable bonds is 2.